The van der Waals surface area contributed by atoms with Crippen molar-refractivity contribution in [2.75, 3.05) is 0 Å². The molecule has 0 aromatic carbocycles. The van der Waals surface area contributed by atoms with E-state index in [4.69, 9.17) is 0 Å². The Labute approximate surface area is 32.9 Å². The molecule has 0 amide bonds. The van der Waals surface area contributed by atoms with Gasteiger partial charge in [0.05, 0.1) is 0 Å². The predicted molar refractivity (Wildman–Crippen MR) is 24.4 cm³/mol. The summed E-state index contributed by atoms with van der Waals surface area (Å²) >= 11 is 0. The fourth-order valence-corrected chi connectivity index (χ4v) is 0. The Morgan fingerprint density at radius 3 is 1.80 bits per heavy atom. The highest BCUT2D eigenvalue weighted by Crippen LogP contribution is 1.96. The summed E-state index contributed by atoms with van der Waals surface area (Å²) in [5.41, 5.74) is 0. The molecule has 0 heterocycles. The maximum absolute atomic E-state index is 11.1. The second-order valence-electron chi connectivity index (χ2n) is 1.03. The van der Waals surface area contributed by atoms with Crippen LogP contribution in [0.3, 0.4) is 0 Å². The Kier molecular flexibility index (Phi) is 2.39. The largest absolute Gasteiger partial charge is 0.185 e. The SMILES string of the molecule is CC(C)=PF. The van der Waals surface area contributed by atoms with Gasteiger partial charge in [0, 0.05) is 0 Å². The van der Waals surface area contributed by atoms with Crippen LogP contribution in [-0.2, 0) is 0 Å². The van der Waals surface area contributed by atoms with E-state index in [0.717, 1.165) is 5.29 Å². The maximum atomic E-state index is 11.1. The standard InChI is InChI=1S/C3H6FP/c1-3(2)5-4/h1-2H3. The fraction of sp³-hybridized carbons (Fsp3) is 0.667. The molecule has 0 N–H and O–H groups in total. The van der Waals surface area contributed by atoms with E-state index in [0.29, 0.717) is 0 Å². The summed E-state index contributed by atoms with van der Waals surface area (Å²) in [5.74, 6) is 0. The molecular weight excluding hydrogens is 86.0 g/mol. The van der Waals surface area contributed by atoms with Gasteiger partial charge >= 0.3 is 0 Å². The Bertz CT molecular complexity index is 44.9. The summed E-state index contributed by atoms with van der Waals surface area (Å²) in [6.07, 6.45) is 0. The van der Waals surface area contributed by atoms with Crippen LogP contribution in [0.25, 0.3) is 0 Å². The van der Waals surface area contributed by atoms with E-state index >= 15 is 0 Å². The van der Waals surface area contributed by atoms with Crippen molar-refractivity contribution in [3.8, 4) is 0 Å². The van der Waals surface area contributed by atoms with E-state index in [2.05, 4.69) is 0 Å². The third-order valence-electron chi connectivity index (χ3n) is 0.169. The monoisotopic (exact) mass is 92.0 g/mol. The lowest BCUT2D eigenvalue weighted by atomic mass is 10.6. The number of rotatable bonds is 0. The van der Waals surface area contributed by atoms with Gasteiger partial charge in [-0.25, -0.2) is 0 Å². The van der Waals surface area contributed by atoms with E-state index in [9.17, 15) is 4.20 Å². The Balaban J connectivity index is 3.14. The lowest BCUT2D eigenvalue weighted by Gasteiger charge is -1.68. The van der Waals surface area contributed by atoms with E-state index in [1.54, 1.807) is 13.8 Å². The molecule has 2 heteroatoms. The first-order valence-electron chi connectivity index (χ1n) is 1.39. The second kappa shape index (κ2) is 2.34. The Hall–Kier alpha value is 0.100. The van der Waals surface area contributed by atoms with Crippen molar-refractivity contribution in [2.24, 2.45) is 0 Å². The first-order chi connectivity index (χ1) is 2.27. The number of hydrogen-bond acceptors (Lipinski definition) is 0. The highest BCUT2D eigenvalue weighted by molar-refractivity contribution is 7.34. The third kappa shape index (κ3) is 4.10. The Morgan fingerprint density at radius 1 is 1.60 bits per heavy atom. The molecule has 0 aliphatic heterocycles. The van der Waals surface area contributed by atoms with E-state index in [-0.39, 0.29) is 8.51 Å². The zero-order valence-electron chi connectivity index (χ0n) is 3.33. The molecule has 0 aromatic heterocycles. The number of halogens is 1. The van der Waals surface area contributed by atoms with Crippen molar-refractivity contribution < 1.29 is 4.20 Å². The van der Waals surface area contributed by atoms with E-state index in [1.807, 2.05) is 0 Å². The summed E-state index contributed by atoms with van der Waals surface area (Å²) in [5, 5.41) is 0.810. The third-order valence-corrected chi connectivity index (χ3v) is 0.507. The van der Waals surface area contributed by atoms with Crippen molar-refractivity contribution in [2.45, 2.75) is 13.8 Å². The minimum absolute atomic E-state index is 0.0864. The average molecular weight is 92.1 g/mol. The van der Waals surface area contributed by atoms with Crippen molar-refractivity contribution in [1.82, 2.24) is 0 Å². The molecule has 0 atom stereocenters. The molecule has 0 nitrogen and oxygen atoms in total. The summed E-state index contributed by atoms with van der Waals surface area (Å²) in [6, 6.07) is 0. The predicted octanol–water partition coefficient (Wildman–Crippen LogP) is 2.03. The lowest BCUT2D eigenvalue weighted by molar-refractivity contribution is 0.936. The summed E-state index contributed by atoms with van der Waals surface area (Å²) in [7, 11) is -0.0864. The molecule has 0 fully saturated rings. The van der Waals surface area contributed by atoms with Crippen molar-refractivity contribution >= 4 is 13.8 Å². The van der Waals surface area contributed by atoms with Gasteiger partial charge in [-0.1, -0.05) is 0 Å². The highest BCUT2D eigenvalue weighted by atomic mass is 31.1. The zero-order chi connectivity index (χ0) is 4.28. The van der Waals surface area contributed by atoms with Gasteiger partial charge in [-0.15, -0.1) is 0 Å². The Morgan fingerprint density at radius 2 is 1.80 bits per heavy atom. The van der Waals surface area contributed by atoms with Crippen LogP contribution < -0.4 is 0 Å². The highest BCUT2D eigenvalue weighted by Gasteiger charge is 1.66. The van der Waals surface area contributed by atoms with Gasteiger partial charge in [-0.05, 0) is 19.1 Å². The molecule has 0 spiro atoms. The topological polar surface area (TPSA) is 0 Å². The molecule has 0 saturated carbocycles. The summed E-state index contributed by atoms with van der Waals surface area (Å²) < 4.78 is 11.1. The van der Waals surface area contributed by atoms with Crippen LogP contribution in [0.1, 0.15) is 13.8 Å². The van der Waals surface area contributed by atoms with Gasteiger partial charge in [0.15, 0.2) is 0 Å². The lowest BCUT2D eigenvalue weighted by Crippen LogP contribution is -1.64. The molecule has 0 radical (unpaired) electrons. The van der Waals surface area contributed by atoms with Gasteiger partial charge < -0.3 is 0 Å². The van der Waals surface area contributed by atoms with Gasteiger partial charge in [-0.3, -0.25) is 0 Å². The minimum atomic E-state index is -0.0864. The molecular formula is C3H6FP. The molecule has 0 bridgehead atoms. The normalized spacial score (nSPS) is 8.60. The molecule has 0 saturated heterocycles. The van der Waals surface area contributed by atoms with Crippen LogP contribution in [0.5, 0.6) is 0 Å². The van der Waals surface area contributed by atoms with E-state index < -0.39 is 0 Å². The van der Waals surface area contributed by atoms with Gasteiger partial charge in [0.25, 0.3) is 0 Å². The van der Waals surface area contributed by atoms with Crippen LogP contribution >= 0.6 is 8.51 Å². The quantitative estimate of drug-likeness (QED) is 0.401. The maximum Gasteiger partial charge on any atom is 0.111 e. The average Bonchev–Trinajstić information content (AvgIpc) is 1.38. The minimum Gasteiger partial charge on any atom is -0.185 e. The van der Waals surface area contributed by atoms with Crippen LogP contribution in [0.2, 0.25) is 0 Å². The second-order valence-corrected chi connectivity index (χ2v) is 2.10. The summed E-state index contributed by atoms with van der Waals surface area (Å²) in [6.45, 7) is 3.50. The summed E-state index contributed by atoms with van der Waals surface area (Å²) in [4.78, 5) is 0. The van der Waals surface area contributed by atoms with Crippen LogP contribution in [0.4, 0.5) is 4.20 Å². The molecule has 0 aliphatic rings. The van der Waals surface area contributed by atoms with Gasteiger partial charge in [-0.2, -0.15) is 4.20 Å². The first-order valence-corrected chi connectivity index (χ1v) is 2.18. The van der Waals surface area contributed by atoms with Crippen molar-refractivity contribution in [3.05, 3.63) is 0 Å². The fourth-order valence-electron chi connectivity index (χ4n) is 0. The van der Waals surface area contributed by atoms with Crippen molar-refractivity contribution in [1.29, 1.82) is 0 Å². The molecule has 0 aliphatic carbocycles. The molecule has 0 unspecified atom stereocenters. The zero-order valence-corrected chi connectivity index (χ0v) is 4.22. The molecule has 30 valence electrons. The van der Waals surface area contributed by atoms with Gasteiger partial charge in [0.2, 0.25) is 0 Å². The number of hydrogen-bond donors (Lipinski definition) is 0. The van der Waals surface area contributed by atoms with Gasteiger partial charge in [0.1, 0.15) is 8.51 Å². The van der Waals surface area contributed by atoms with Crippen LogP contribution in [0.15, 0.2) is 0 Å². The van der Waals surface area contributed by atoms with Crippen molar-refractivity contribution in [3.63, 3.8) is 0 Å². The molecule has 5 heavy (non-hydrogen) atoms. The molecule has 0 aromatic rings. The molecule has 0 rings (SSSR count). The van der Waals surface area contributed by atoms with Crippen LogP contribution in [-0.4, -0.2) is 5.29 Å². The van der Waals surface area contributed by atoms with E-state index in [1.165, 1.54) is 0 Å². The first kappa shape index (κ1) is 5.10. The smallest absolute Gasteiger partial charge is 0.111 e. The van der Waals surface area contributed by atoms with Crippen LogP contribution in [0, 0.1) is 0 Å².